The van der Waals surface area contributed by atoms with E-state index in [1.807, 2.05) is 12.1 Å². The van der Waals surface area contributed by atoms with Gasteiger partial charge in [-0.15, -0.1) is 11.3 Å². The second-order valence-electron chi connectivity index (χ2n) is 3.81. The number of rotatable bonds is 4. The number of nitrogens with zero attached hydrogens (tertiary/aromatic N) is 1. The van der Waals surface area contributed by atoms with Gasteiger partial charge in [-0.1, -0.05) is 0 Å². The van der Waals surface area contributed by atoms with Crippen LogP contribution in [0.15, 0.2) is 12.1 Å². The van der Waals surface area contributed by atoms with Gasteiger partial charge in [0.05, 0.1) is 0 Å². The predicted octanol–water partition coefficient (Wildman–Crippen LogP) is 0.988. The van der Waals surface area contributed by atoms with Crippen LogP contribution >= 0.6 is 11.3 Å². The number of carbonyl (C=O) groups excluding carboxylic acids is 1. The number of thiophene rings is 1. The molecule has 1 aliphatic rings. The van der Waals surface area contributed by atoms with Crippen molar-refractivity contribution in [1.29, 1.82) is 5.26 Å². The molecule has 1 aromatic heterocycles. The average molecular weight is 235 g/mol. The van der Waals surface area contributed by atoms with E-state index in [1.54, 1.807) is 0 Å². The van der Waals surface area contributed by atoms with Gasteiger partial charge in [-0.25, -0.2) is 0 Å². The molecule has 1 saturated heterocycles. The summed E-state index contributed by atoms with van der Waals surface area (Å²) in [4.78, 5) is 12.9. The van der Waals surface area contributed by atoms with E-state index < -0.39 is 0 Å². The summed E-state index contributed by atoms with van der Waals surface area (Å²) in [6.45, 7) is 1.56. The molecule has 1 aliphatic heterocycles. The molecule has 0 aromatic carbocycles. The molecular weight excluding hydrogens is 222 g/mol. The zero-order chi connectivity index (χ0) is 11.4. The molecule has 0 saturated carbocycles. The van der Waals surface area contributed by atoms with E-state index in [0.717, 1.165) is 29.3 Å². The number of nitrogens with one attached hydrogen (secondary N) is 2. The Hall–Kier alpha value is -1.38. The third kappa shape index (κ3) is 2.81. The molecule has 1 unspecified atom stereocenters. The van der Waals surface area contributed by atoms with Crippen molar-refractivity contribution < 1.29 is 4.79 Å². The lowest BCUT2D eigenvalue weighted by atomic mass is 10.2. The molecule has 1 amide bonds. The highest BCUT2D eigenvalue weighted by Gasteiger charge is 2.19. The maximum atomic E-state index is 11.0. The van der Waals surface area contributed by atoms with Crippen LogP contribution < -0.4 is 10.6 Å². The summed E-state index contributed by atoms with van der Waals surface area (Å²) in [6, 6.07) is 6.18. The molecule has 0 radical (unpaired) electrons. The molecule has 84 valence electrons. The first-order chi connectivity index (χ1) is 7.78. The SMILES string of the molecule is N#Cc1ccc(CNCC2CCC(=O)N2)s1. The summed E-state index contributed by atoms with van der Waals surface area (Å²) < 4.78 is 0. The van der Waals surface area contributed by atoms with Crippen LogP contribution in [0.5, 0.6) is 0 Å². The zero-order valence-electron chi connectivity index (χ0n) is 8.82. The molecule has 1 atom stereocenters. The molecular formula is C11H13N3OS. The van der Waals surface area contributed by atoms with E-state index in [4.69, 9.17) is 5.26 Å². The summed E-state index contributed by atoms with van der Waals surface area (Å²) in [5.74, 6) is 0.148. The Kier molecular flexibility index (Phi) is 3.54. The summed E-state index contributed by atoms with van der Waals surface area (Å²) in [7, 11) is 0. The maximum Gasteiger partial charge on any atom is 0.220 e. The highest BCUT2D eigenvalue weighted by Crippen LogP contribution is 2.15. The lowest BCUT2D eigenvalue weighted by Gasteiger charge is -2.10. The van der Waals surface area contributed by atoms with E-state index in [1.165, 1.54) is 11.3 Å². The van der Waals surface area contributed by atoms with Gasteiger partial charge in [-0.05, 0) is 18.6 Å². The molecule has 1 aromatic rings. The van der Waals surface area contributed by atoms with E-state index >= 15 is 0 Å². The monoisotopic (exact) mass is 235 g/mol. The van der Waals surface area contributed by atoms with Crippen molar-refractivity contribution in [3.63, 3.8) is 0 Å². The van der Waals surface area contributed by atoms with Crippen LogP contribution in [0.1, 0.15) is 22.6 Å². The summed E-state index contributed by atoms with van der Waals surface area (Å²) in [6.07, 6.45) is 1.56. The summed E-state index contributed by atoms with van der Waals surface area (Å²) >= 11 is 1.50. The fourth-order valence-electron chi connectivity index (χ4n) is 1.73. The van der Waals surface area contributed by atoms with Crippen LogP contribution in [0.25, 0.3) is 0 Å². The van der Waals surface area contributed by atoms with Gasteiger partial charge in [0, 0.05) is 30.4 Å². The van der Waals surface area contributed by atoms with Crippen LogP contribution in [0.2, 0.25) is 0 Å². The molecule has 0 spiro atoms. The van der Waals surface area contributed by atoms with Crippen molar-refractivity contribution in [1.82, 2.24) is 10.6 Å². The molecule has 1 fully saturated rings. The minimum absolute atomic E-state index is 0.148. The Bertz CT molecular complexity index is 421. The third-order valence-electron chi connectivity index (χ3n) is 2.55. The van der Waals surface area contributed by atoms with Crippen LogP contribution in [0, 0.1) is 11.3 Å². The smallest absolute Gasteiger partial charge is 0.220 e. The van der Waals surface area contributed by atoms with Crippen LogP contribution in [0.4, 0.5) is 0 Å². The Balaban J connectivity index is 1.72. The summed E-state index contributed by atoms with van der Waals surface area (Å²) in [5, 5.41) is 14.9. The lowest BCUT2D eigenvalue weighted by molar-refractivity contribution is -0.119. The third-order valence-corrected chi connectivity index (χ3v) is 3.54. The first-order valence-electron chi connectivity index (χ1n) is 5.27. The predicted molar refractivity (Wildman–Crippen MR) is 61.9 cm³/mol. The Labute approximate surface area is 98.3 Å². The molecule has 16 heavy (non-hydrogen) atoms. The van der Waals surface area contributed by atoms with Gasteiger partial charge in [0.15, 0.2) is 0 Å². The average Bonchev–Trinajstić information content (AvgIpc) is 2.88. The quantitative estimate of drug-likeness (QED) is 0.818. The molecule has 0 aliphatic carbocycles. The van der Waals surface area contributed by atoms with Crippen molar-refractivity contribution in [2.24, 2.45) is 0 Å². The highest BCUT2D eigenvalue weighted by molar-refractivity contribution is 7.12. The minimum atomic E-state index is 0.148. The number of carbonyl (C=O) groups is 1. The fourth-order valence-corrected chi connectivity index (χ4v) is 2.51. The molecule has 4 nitrogen and oxygen atoms in total. The second kappa shape index (κ2) is 5.10. The maximum absolute atomic E-state index is 11.0. The van der Waals surface area contributed by atoms with Crippen LogP contribution in [-0.4, -0.2) is 18.5 Å². The minimum Gasteiger partial charge on any atom is -0.352 e. The standard InChI is InChI=1S/C11H13N3OS/c12-5-9-2-3-10(16-9)7-13-6-8-1-4-11(15)14-8/h2-3,8,13H,1,4,6-7H2,(H,14,15). The molecule has 2 heterocycles. The van der Waals surface area contributed by atoms with E-state index in [0.29, 0.717) is 6.42 Å². The van der Waals surface area contributed by atoms with Crippen molar-refractivity contribution in [3.8, 4) is 6.07 Å². The normalized spacial score (nSPS) is 19.4. The number of amides is 1. The first kappa shape index (κ1) is 11.1. The molecule has 2 rings (SSSR count). The second-order valence-corrected chi connectivity index (χ2v) is 4.98. The van der Waals surface area contributed by atoms with Gasteiger partial charge in [0.2, 0.25) is 5.91 Å². The highest BCUT2D eigenvalue weighted by atomic mass is 32.1. The van der Waals surface area contributed by atoms with Crippen molar-refractivity contribution in [2.45, 2.75) is 25.4 Å². The number of hydrogen-bond donors (Lipinski definition) is 2. The van der Waals surface area contributed by atoms with E-state index in [2.05, 4.69) is 16.7 Å². The largest absolute Gasteiger partial charge is 0.352 e. The van der Waals surface area contributed by atoms with Crippen molar-refractivity contribution in [2.75, 3.05) is 6.54 Å². The van der Waals surface area contributed by atoms with Gasteiger partial charge in [-0.3, -0.25) is 4.79 Å². The van der Waals surface area contributed by atoms with Gasteiger partial charge < -0.3 is 10.6 Å². The topological polar surface area (TPSA) is 64.9 Å². The number of nitriles is 1. The van der Waals surface area contributed by atoms with Crippen molar-refractivity contribution in [3.05, 3.63) is 21.9 Å². The Morgan fingerprint density at radius 2 is 2.50 bits per heavy atom. The molecule has 0 bridgehead atoms. The van der Waals surface area contributed by atoms with Crippen LogP contribution in [0.3, 0.4) is 0 Å². The van der Waals surface area contributed by atoms with Crippen LogP contribution in [-0.2, 0) is 11.3 Å². The van der Waals surface area contributed by atoms with Crippen molar-refractivity contribution >= 4 is 17.2 Å². The van der Waals surface area contributed by atoms with Gasteiger partial charge in [-0.2, -0.15) is 5.26 Å². The van der Waals surface area contributed by atoms with E-state index in [-0.39, 0.29) is 11.9 Å². The fraction of sp³-hybridized carbons (Fsp3) is 0.455. The van der Waals surface area contributed by atoms with Gasteiger partial charge in [0.25, 0.3) is 0 Å². The molecule has 5 heteroatoms. The lowest BCUT2D eigenvalue weighted by Crippen LogP contribution is -2.35. The van der Waals surface area contributed by atoms with Gasteiger partial charge >= 0.3 is 0 Å². The Morgan fingerprint density at radius 3 is 3.12 bits per heavy atom. The first-order valence-corrected chi connectivity index (χ1v) is 6.08. The Morgan fingerprint density at radius 1 is 1.62 bits per heavy atom. The summed E-state index contributed by atoms with van der Waals surface area (Å²) in [5.41, 5.74) is 0. The molecule has 2 N–H and O–H groups in total. The number of hydrogen-bond acceptors (Lipinski definition) is 4. The van der Waals surface area contributed by atoms with E-state index in [9.17, 15) is 4.79 Å². The van der Waals surface area contributed by atoms with Gasteiger partial charge in [0.1, 0.15) is 10.9 Å². The zero-order valence-corrected chi connectivity index (χ0v) is 9.64.